The van der Waals surface area contributed by atoms with Gasteiger partial charge in [0.25, 0.3) is 0 Å². The van der Waals surface area contributed by atoms with Crippen molar-refractivity contribution in [3.05, 3.63) is 12.1 Å². The van der Waals surface area contributed by atoms with Gasteiger partial charge in [-0.05, 0) is 18.8 Å². The van der Waals surface area contributed by atoms with E-state index in [2.05, 4.69) is 12.2 Å². The Bertz CT molecular complexity index is 599. The van der Waals surface area contributed by atoms with Crippen LogP contribution in [0.1, 0.15) is 26.2 Å². The lowest BCUT2D eigenvalue weighted by molar-refractivity contribution is -0.135. The molecule has 0 aromatic heterocycles. The quantitative estimate of drug-likeness (QED) is 0.797. The second kappa shape index (κ2) is 8.60. The summed E-state index contributed by atoms with van der Waals surface area (Å²) in [6.07, 6.45) is 1.80. The molecule has 7 heteroatoms. The van der Waals surface area contributed by atoms with Crippen LogP contribution in [0.2, 0.25) is 0 Å². The molecule has 0 aliphatic carbocycles. The fraction of sp³-hybridized carbons (Fsp3) is 0.556. The average molecular weight is 350 g/mol. The lowest BCUT2D eigenvalue weighted by Gasteiger charge is -2.30. The number of ether oxygens (including phenoxy) is 3. The van der Waals surface area contributed by atoms with Gasteiger partial charge in [-0.15, -0.1) is 0 Å². The molecule has 1 saturated heterocycles. The Balaban J connectivity index is 2.01. The molecule has 0 bridgehead atoms. The lowest BCUT2D eigenvalue weighted by atomic mass is 9.99. The van der Waals surface area contributed by atoms with Crippen LogP contribution >= 0.6 is 0 Å². The smallest absolute Gasteiger partial charge is 0.233 e. The SMILES string of the molecule is COc1cc(NC(=O)CC(=O)N2CCC(C)CC2)cc(OC)c1OC. The van der Waals surface area contributed by atoms with E-state index in [1.54, 1.807) is 17.0 Å². The summed E-state index contributed by atoms with van der Waals surface area (Å²) in [6, 6.07) is 3.26. The summed E-state index contributed by atoms with van der Waals surface area (Å²) in [5, 5.41) is 2.72. The number of likely N-dealkylation sites (tertiary alicyclic amines) is 1. The zero-order chi connectivity index (χ0) is 18.4. The van der Waals surface area contributed by atoms with Crippen LogP contribution < -0.4 is 19.5 Å². The highest BCUT2D eigenvalue weighted by Crippen LogP contribution is 2.39. The molecule has 1 aromatic rings. The first kappa shape index (κ1) is 18.9. The van der Waals surface area contributed by atoms with Crippen LogP contribution in [0.15, 0.2) is 12.1 Å². The minimum Gasteiger partial charge on any atom is -0.493 e. The summed E-state index contributed by atoms with van der Waals surface area (Å²) in [7, 11) is 4.52. The first-order valence-corrected chi connectivity index (χ1v) is 8.36. The second-order valence-electron chi connectivity index (χ2n) is 6.20. The Morgan fingerprint density at radius 1 is 1.08 bits per heavy atom. The minimum atomic E-state index is -0.363. The highest BCUT2D eigenvalue weighted by atomic mass is 16.5. The van der Waals surface area contributed by atoms with Crippen molar-refractivity contribution in [1.29, 1.82) is 0 Å². The number of piperidine rings is 1. The molecular formula is C18H26N2O5. The van der Waals surface area contributed by atoms with E-state index in [-0.39, 0.29) is 18.2 Å². The molecule has 1 fully saturated rings. The number of nitrogens with zero attached hydrogens (tertiary/aromatic N) is 1. The molecule has 0 spiro atoms. The van der Waals surface area contributed by atoms with Crippen LogP contribution in [0.5, 0.6) is 17.2 Å². The third kappa shape index (κ3) is 4.78. The van der Waals surface area contributed by atoms with Crippen molar-refractivity contribution < 1.29 is 23.8 Å². The normalized spacial score (nSPS) is 14.8. The molecule has 138 valence electrons. The van der Waals surface area contributed by atoms with Gasteiger partial charge in [0.2, 0.25) is 17.6 Å². The minimum absolute atomic E-state index is 0.142. The lowest BCUT2D eigenvalue weighted by Crippen LogP contribution is -2.39. The van der Waals surface area contributed by atoms with E-state index in [1.165, 1.54) is 21.3 Å². The number of methoxy groups -OCH3 is 3. The van der Waals surface area contributed by atoms with Crippen molar-refractivity contribution in [2.24, 2.45) is 5.92 Å². The van der Waals surface area contributed by atoms with Crippen molar-refractivity contribution in [2.75, 3.05) is 39.7 Å². The molecule has 1 N–H and O–H groups in total. The first-order valence-electron chi connectivity index (χ1n) is 8.36. The number of rotatable bonds is 6. The Morgan fingerprint density at radius 2 is 1.64 bits per heavy atom. The Labute approximate surface area is 148 Å². The van der Waals surface area contributed by atoms with Gasteiger partial charge < -0.3 is 24.4 Å². The zero-order valence-electron chi connectivity index (χ0n) is 15.3. The fourth-order valence-corrected chi connectivity index (χ4v) is 2.87. The van der Waals surface area contributed by atoms with Crippen molar-refractivity contribution in [3.63, 3.8) is 0 Å². The molecule has 25 heavy (non-hydrogen) atoms. The molecule has 1 aliphatic heterocycles. The molecule has 1 aliphatic rings. The second-order valence-corrected chi connectivity index (χ2v) is 6.20. The number of carbonyl (C=O) groups excluding carboxylic acids is 2. The number of amides is 2. The highest BCUT2D eigenvalue weighted by molar-refractivity contribution is 6.03. The van der Waals surface area contributed by atoms with Gasteiger partial charge in [0, 0.05) is 30.9 Å². The Kier molecular flexibility index (Phi) is 6.50. The fourth-order valence-electron chi connectivity index (χ4n) is 2.87. The molecule has 1 heterocycles. The molecule has 7 nitrogen and oxygen atoms in total. The van der Waals surface area contributed by atoms with Crippen molar-refractivity contribution in [3.8, 4) is 17.2 Å². The van der Waals surface area contributed by atoms with Crippen LogP contribution in [-0.2, 0) is 9.59 Å². The summed E-state index contributed by atoms with van der Waals surface area (Å²) in [4.78, 5) is 26.2. The number of hydrogen-bond donors (Lipinski definition) is 1. The maximum Gasteiger partial charge on any atom is 0.233 e. The van der Waals surface area contributed by atoms with E-state index in [9.17, 15) is 9.59 Å². The van der Waals surface area contributed by atoms with Gasteiger partial charge in [-0.3, -0.25) is 9.59 Å². The van der Waals surface area contributed by atoms with Gasteiger partial charge in [0.15, 0.2) is 11.5 Å². The monoisotopic (exact) mass is 350 g/mol. The Hall–Kier alpha value is -2.44. The molecule has 0 unspecified atom stereocenters. The third-order valence-corrected chi connectivity index (χ3v) is 4.40. The van der Waals surface area contributed by atoms with Crippen molar-refractivity contribution >= 4 is 17.5 Å². The van der Waals surface area contributed by atoms with Crippen LogP contribution in [-0.4, -0.2) is 51.1 Å². The number of anilines is 1. The topological polar surface area (TPSA) is 77.1 Å². The Morgan fingerprint density at radius 3 is 2.12 bits per heavy atom. The van der Waals surface area contributed by atoms with Crippen LogP contribution in [0.4, 0.5) is 5.69 Å². The maximum atomic E-state index is 12.2. The van der Waals surface area contributed by atoms with Crippen molar-refractivity contribution in [1.82, 2.24) is 4.90 Å². The molecule has 2 amide bonds. The number of nitrogens with one attached hydrogen (secondary N) is 1. The van der Waals surface area contributed by atoms with Gasteiger partial charge in [0.05, 0.1) is 21.3 Å². The maximum absolute atomic E-state index is 12.2. The van der Waals surface area contributed by atoms with Gasteiger partial charge >= 0.3 is 0 Å². The van der Waals surface area contributed by atoms with Crippen LogP contribution in [0.3, 0.4) is 0 Å². The number of carbonyl (C=O) groups is 2. The van der Waals surface area contributed by atoms with Gasteiger partial charge in [0.1, 0.15) is 6.42 Å². The van der Waals surface area contributed by atoms with Gasteiger partial charge in [-0.25, -0.2) is 0 Å². The average Bonchev–Trinajstić information content (AvgIpc) is 2.61. The molecule has 0 atom stereocenters. The summed E-state index contributed by atoms with van der Waals surface area (Å²) in [6.45, 7) is 3.62. The zero-order valence-corrected chi connectivity index (χ0v) is 15.3. The third-order valence-electron chi connectivity index (χ3n) is 4.40. The molecule has 0 saturated carbocycles. The standard InChI is InChI=1S/C18H26N2O5/c1-12-5-7-20(8-6-12)17(22)11-16(21)19-13-9-14(23-2)18(25-4)15(10-13)24-3/h9-10,12H,5-8,11H2,1-4H3,(H,19,21). The number of hydrogen-bond acceptors (Lipinski definition) is 5. The van der Waals surface area contributed by atoms with Crippen molar-refractivity contribution in [2.45, 2.75) is 26.2 Å². The first-order chi connectivity index (χ1) is 12.0. The largest absolute Gasteiger partial charge is 0.493 e. The van der Waals surface area contributed by atoms with E-state index < -0.39 is 0 Å². The van der Waals surface area contributed by atoms with Gasteiger partial charge in [-0.1, -0.05) is 6.92 Å². The van der Waals surface area contributed by atoms with E-state index in [4.69, 9.17) is 14.2 Å². The summed E-state index contributed by atoms with van der Waals surface area (Å²) < 4.78 is 15.8. The summed E-state index contributed by atoms with van der Waals surface area (Å²) in [5.41, 5.74) is 0.486. The molecular weight excluding hydrogens is 324 g/mol. The predicted molar refractivity (Wildman–Crippen MR) is 94.3 cm³/mol. The molecule has 1 aromatic carbocycles. The van der Waals surface area contributed by atoms with Crippen LogP contribution in [0.25, 0.3) is 0 Å². The summed E-state index contributed by atoms with van der Waals surface area (Å²) >= 11 is 0. The number of benzene rings is 1. The van der Waals surface area contributed by atoms with Crippen LogP contribution in [0, 0.1) is 5.92 Å². The summed E-state index contributed by atoms with van der Waals surface area (Å²) in [5.74, 6) is 1.45. The van der Waals surface area contributed by atoms with E-state index in [1.807, 2.05) is 0 Å². The highest BCUT2D eigenvalue weighted by Gasteiger charge is 2.22. The van der Waals surface area contributed by atoms with E-state index >= 15 is 0 Å². The van der Waals surface area contributed by atoms with Gasteiger partial charge in [-0.2, -0.15) is 0 Å². The predicted octanol–water partition coefficient (Wildman–Crippen LogP) is 2.30. The molecule has 2 rings (SSSR count). The van der Waals surface area contributed by atoms with E-state index in [0.717, 1.165) is 25.9 Å². The molecule has 0 radical (unpaired) electrons. The van der Waals surface area contributed by atoms with E-state index in [0.29, 0.717) is 28.9 Å².